The molecule has 8 atom stereocenters. The minimum atomic E-state index is -1.86. The zero-order chi connectivity index (χ0) is 25.0. The van der Waals surface area contributed by atoms with Gasteiger partial charge in [-0.3, -0.25) is 0 Å². The molecule has 194 valence electrons. The maximum atomic E-state index is 11.2. The summed E-state index contributed by atoms with van der Waals surface area (Å²) in [7, 11) is 1.47. The van der Waals surface area contributed by atoms with Gasteiger partial charge in [-0.1, -0.05) is 41.5 Å². The van der Waals surface area contributed by atoms with E-state index >= 15 is 0 Å². The summed E-state index contributed by atoms with van der Waals surface area (Å²) in [5.74, 6) is -1.02. The number of aliphatic hydroxyl groups is 1. The quantitative estimate of drug-likeness (QED) is 0.353. The van der Waals surface area contributed by atoms with E-state index in [-0.39, 0.29) is 41.8 Å². The molecule has 2 heterocycles. The summed E-state index contributed by atoms with van der Waals surface area (Å²) in [4.78, 5) is 0. The molecule has 0 bridgehead atoms. The molecule has 2 rings (SSSR count). The highest BCUT2D eigenvalue weighted by Gasteiger charge is 2.57. The average Bonchev–Trinajstić information content (AvgIpc) is 2.75. The lowest BCUT2D eigenvalue weighted by molar-refractivity contribution is -0.360. The van der Waals surface area contributed by atoms with Crippen LogP contribution in [0.25, 0.3) is 0 Å². The summed E-state index contributed by atoms with van der Waals surface area (Å²) in [5, 5.41) is 11.3. The maximum Gasteiger partial charge on any atom is 0.238 e. The van der Waals surface area contributed by atoms with Gasteiger partial charge < -0.3 is 33.2 Å². The van der Waals surface area contributed by atoms with Gasteiger partial charge in [0, 0.05) is 45.0 Å². The van der Waals surface area contributed by atoms with Crippen LogP contribution in [0.5, 0.6) is 0 Å². The first-order valence-electron chi connectivity index (χ1n) is 12.3. The highest BCUT2D eigenvalue weighted by Crippen LogP contribution is 2.44. The third-order valence-corrected chi connectivity index (χ3v) is 12.4. The predicted molar refractivity (Wildman–Crippen MR) is 131 cm³/mol. The topological polar surface area (TPSA) is 75.6 Å². The summed E-state index contributed by atoms with van der Waals surface area (Å²) < 4.78 is 36.1. The minimum Gasteiger partial charge on any atom is -0.467 e. The summed E-state index contributed by atoms with van der Waals surface area (Å²) >= 11 is 0. The smallest absolute Gasteiger partial charge is 0.238 e. The Morgan fingerprint density at radius 1 is 1.21 bits per heavy atom. The Hall–Kier alpha value is -0.483. The summed E-state index contributed by atoms with van der Waals surface area (Å²) in [6.07, 6.45) is 3.19. The van der Waals surface area contributed by atoms with Crippen LogP contribution in [-0.4, -0.2) is 71.2 Å². The number of aliphatic hydroxyl groups excluding tert-OH is 1. The molecule has 0 aromatic heterocycles. The number of methoxy groups -OCH3 is 2. The molecule has 0 aromatic carbocycles. The van der Waals surface area contributed by atoms with E-state index in [0.717, 1.165) is 6.42 Å². The van der Waals surface area contributed by atoms with Crippen LogP contribution in [0.4, 0.5) is 0 Å². The molecule has 33 heavy (non-hydrogen) atoms. The number of hydrogen-bond acceptors (Lipinski definition) is 7. The number of ether oxygens (including phenoxy) is 5. The summed E-state index contributed by atoms with van der Waals surface area (Å²) in [6.45, 7) is 18.4. The number of hydrogen-bond donors (Lipinski definition) is 1. The lowest BCUT2D eigenvalue weighted by Gasteiger charge is -2.53. The molecule has 0 radical (unpaired) electrons. The van der Waals surface area contributed by atoms with Crippen molar-refractivity contribution in [2.24, 2.45) is 17.8 Å². The highest BCUT2D eigenvalue weighted by atomic mass is 28.4. The van der Waals surface area contributed by atoms with Crippen molar-refractivity contribution in [1.82, 2.24) is 0 Å². The molecule has 0 aliphatic carbocycles. The Morgan fingerprint density at radius 2 is 1.88 bits per heavy atom. The molecule has 0 amide bonds. The van der Waals surface area contributed by atoms with Crippen molar-refractivity contribution >= 4 is 8.32 Å². The average molecular weight is 489 g/mol. The Bertz CT molecular complexity index is 635. The van der Waals surface area contributed by atoms with Gasteiger partial charge in [-0.25, -0.2) is 0 Å². The predicted octanol–water partition coefficient (Wildman–Crippen LogP) is 4.70. The van der Waals surface area contributed by atoms with E-state index in [1.807, 2.05) is 6.08 Å². The van der Waals surface area contributed by atoms with Gasteiger partial charge in [0.2, 0.25) is 5.79 Å². The molecular weight excluding hydrogens is 440 g/mol. The minimum absolute atomic E-state index is 0.0236. The Balaban J connectivity index is 2.22. The molecule has 0 aromatic rings. The van der Waals surface area contributed by atoms with Crippen LogP contribution >= 0.6 is 0 Å². The van der Waals surface area contributed by atoms with Crippen LogP contribution < -0.4 is 0 Å². The van der Waals surface area contributed by atoms with Crippen molar-refractivity contribution in [2.75, 3.05) is 27.6 Å². The van der Waals surface area contributed by atoms with E-state index in [1.54, 1.807) is 20.5 Å². The van der Waals surface area contributed by atoms with Gasteiger partial charge in [-0.05, 0) is 30.6 Å². The lowest BCUT2D eigenvalue weighted by Crippen LogP contribution is -2.65. The Kier molecular flexibility index (Phi) is 10.0. The largest absolute Gasteiger partial charge is 0.467 e. The molecule has 1 fully saturated rings. The van der Waals surface area contributed by atoms with E-state index in [9.17, 15) is 5.11 Å². The van der Waals surface area contributed by atoms with E-state index in [0.29, 0.717) is 13.0 Å². The monoisotopic (exact) mass is 488 g/mol. The van der Waals surface area contributed by atoms with E-state index in [4.69, 9.17) is 28.1 Å². The highest BCUT2D eigenvalue weighted by molar-refractivity contribution is 6.74. The summed E-state index contributed by atoms with van der Waals surface area (Å²) in [5.41, 5.74) is 0. The standard InChI is InChI=1S/C25H48O7Si/c1-17(15-31-33(9,10)24(4,5)6)20(28-8)18(2)21-19(3)22(29-16-27-7)23(26)25(32-21)13-11-12-14-30-25/h12,14,17-23,26H,11,13,15-16H2,1-10H3/t17-,18+,19+,20+,21-,22-,23-,25+/m1/s1. The molecule has 2 aliphatic heterocycles. The van der Waals surface area contributed by atoms with Crippen molar-refractivity contribution in [3.8, 4) is 0 Å². The molecule has 1 spiro atoms. The number of rotatable bonds is 10. The Labute approximate surface area is 202 Å². The van der Waals surface area contributed by atoms with Crippen molar-refractivity contribution in [3.05, 3.63) is 12.3 Å². The molecule has 8 heteroatoms. The molecule has 0 unspecified atom stereocenters. The SMILES string of the molecule is COCO[C@@H]1[C@@H](C)[C@@H]([C@@H](C)[C@@H](OC)[C@H](C)CO[Si](C)(C)C(C)(C)C)O[C@@]2(CCC=CO2)[C@@H]1O. The van der Waals surface area contributed by atoms with Gasteiger partial charge in [0.15, 0.2) is 8.32 Å². The maximum absolute atomic E-state index is 11.2. The summed E-state index contributed by atoms with van der Waals surface area (Å²) in [6, 6.07) is 0. The third-order valence-electron chi connectivity index (χ3n) is 7.92. The molecular formula is C25H48O7Si. The van der Waals surface area contributed by atoms with Crippen molar-refractivity contribution in [3.63, 3.8) is 0 Å². The molecule has 0 saturated carbocycles. The van der Waals surface area contributed by atoms with Crippen LogP contribution in [0, 0.1) is 17.8 Å². The molecule has 1 saturated heterocycles. The zero-order valence-corrected chi connectivity index (χ0v) is 23.4. The van der Waals surface area contributed by atoms with E-state index < -0.39 is 26.3 Å². The first kappa shape index (κ1) is 28.8. The van der Waals surface area contributed by atoms with Gasteiger partial charge >= 0.3 is 0 Å². The van der Waals surface area contributed by atoms with Gasteiger partial charge in [0.1, 0.15) is 12.9 Å². The van der Waals surface area contributed by atoms with Crippen molar-refractivity contribution in [2.45, 2.75) is 103 Å². The normalized spacial score (nSPS) is 33.5. The molecule has 1 N–H and O–H groups in total. The van der Waals surface area contributed by atoms with Crippen LogP contribution in [0.2, 0.25) is 18.1 Å². The van der Waals surface area contributed by atoms with Gasteiger partial charge in [-0.2, -0.15) is 0 Å². The van der Waals surface area contributed by atoms with Crippen LogP contribution in [0.15, 0.2) is 12.3 Å². The lowest BCUT2D eigenvalue weighted by atomic mass is 9.76. The van der Waals surface area contributed by atoms with Crippen LogP contribution in [0.3, 0.4) is 0 Å². The second-order valence-corrected chi connectivity index (χ2v) is 16.2. The van der Waals surface area contributed by atoms with Gasteiger partial charge in [0.05, 0.1) is 24.6 Å². The van der Waals surface area contributed by atoms with Crippen molar-refractivity contribution < 1.29 is 33.2 Å². The Morgan fingerprint density at radius 3 is 2.39 bits per heavy atom. The van der Waals surface area contributed by atoms with E-state index in [2.05, 4.69) is 54.6 Å². The third kappa shape index (κ3) is 6.40. The van der Waals surface area contributed by atoms with Gasteiger partial charge in [0.25, 0.3) is 0 Å². The number of allylic oxidation sites excluding steroid dienone is 1. The fourth-order valence-electron chi connectivity index (χ4n) is 4.79. The van der Waals surface area contributed by atoms with Gasteiger partial charge in [-0.15, -0.1) is 0 Å². The first-order chi connectivity index (χ1) is 15.3. The molecule has 7 nitrogen and oxygen atoms in total. The fourth-order valence-corrected chi connectivity index (χ4v) is 5.90. The van der Waals surface area contributed by atoms with Crippen LogP contribution in [0.1, 0.15) is 54.4 Å². The molecule has 2 aliphatic rings. The first-order valence-corrected chi connectivity index (χ1v) is 15.2. The fraction of sp³-hybridized carbons (Fsp3) is 0.920. The second-order valence-electron chi connectivity index (χ2n) is 11.4. The van der Waals surface area contributed by atoms with Crippen molar-refractivity contribution in [1.29, 1.82) is 0 Å². The van der Waals surface area contributed by atoms with E-state index in [1.165, 1.54) is 0 Å². The zero-order valence-electron chi connectivity index (χ0n) is 22.4. The second kappa shape index (κ2) is 11.5. The van der Waals surface area contributed by atoms with Crippen LogP contribution in [-0.2, 0) is 28.1 Å².